The number of hydrogen-bond acceptors (Lipinski definition) is 6. The number of nitrogens with zero attached hydrogens (tertiary/aromatic N) is 6. The molecular formula is C23H27N7O. The normalized spacial score (nSPS) is 17.5. The number of fused-ring (bicyclic) bond motifs is 1. The molecule has 8 heteroatoms. The van der Waals surface area contributed by atoms with E-state index < -0.39 is 6.23 Å². The van der Waals surface area contributed by atoms with E-state index in [1.54, 1.807) is 23.3 Å². The van der Waals surface area contributed by atoms with Crippen LogP contribution < -0.4 is 10.2 Å². The summed E-state index contributed by atoms with van der Waals surface area (Å²) >= 11 is 0. The van der Waals surface area contributed by atoms with Crippen LogP contribution in [0.25, 0.3) is 16.9 Å². The van der Waals surface area contributed by atoms with Crippen molar-refractivity contribution in [3.8, 4) is 5.95 Å². The Morgan fingerprint density at radius 3 is 3.00 bits per heavy atom. The highest BCUT2D eigenvalue weighted by Gasteiger charge is 2.28. The molecule has 1 aliphatic heterocycles. The first kappa shape index (κ1) is 19.7. The lowest BCUT2D eigenvalue weighted by molar-refractivity contribution is 0.118. The topological polar surface area (TPSA) is 84.0 Å². The highest BCUT2D eigenvalue weighted by atomic mass is 16.3. The van der Waals surface area contributed by atoms with Gasteiger partial charge in [-0.2, -0.15) is 4.98 Å². The fraction of sp³-hybridized carbons (Fsp3) is 0.348. The van der Waals surface area contributed by atoms with E-state index in [0.29, 0.717) is 18.9 Å². The number of imidazole rings is 1. The Kier molecular flexibility index (Phi) is 5.40. The molecule has 4 aromatic rings. The number of hydrogen-bond donors (Lipinski definition) is 2. The van der Waals surface area contributed by atoms with Crippen LogP contribution in [-0.4, -0.2) is 48.0 Å². The number of rotatable bonds is 7. The summed E-state index contributed by atoms with van der Waals surface area (Å²) in [6, 6.07) is 10.7. The second kappa shape index (κ2) is 8.49. The molecule has 160 valence electrons. The fourth-order valence-corrected chi connectivity index (χ4v) is 4.38. The first-order chi connectivity index (χ1) is 15.2. The van der Waals surface area contributed by atoms with Crippen molar-refractivity contribution in [1.82, 2.24) is 29.4 Å². The van der Waals surface area contributed by atoms with Crippen LogP contribution in [-0.2, 0) is 13.6 Å². The van der Waals surface area contributed by atoms with E-state index in [4.69, 9.17) is 4.98 Å². The molecule has 1 aliphatic rings. The lowest BCUT2D eigenvalue weighted by atomic mass is 10.1. The average Bonchev–Trinajstić information content (AvgIpc) is 3.54. The van der Waals surface area contributed by atoms with Crippen molar-refractivity contribution in [2.24, 2.45) is 7.05 Å². The number of aromatic nitrogens is 5. The molecule has 1 aromatic carbocycles. The van der Waals surface area contributed by atoms with E-state index in [-0.39, 0.29) is 6.04 Å². The van der Waals surface area contributed by atoms with Gasteiger partial charge in [0.2, 0.25) is 5.95 Å². The maximum absolute atomic E-state index is 10.7. The third-order valence-electron chi connectivity index (χ3n) is 6.02. The average molecular weight is 418 g/mol. The predicted molar refractivity (Wildman–Crippen MR) is 120 cm³/mol. The molecule has 2 N–H and O–H groups in total. The minimum absolute atomic E-state index is 0.239. The van der Waals surface area contributed by atoms with Crippen molar-refractivity contribution in [3.63, 3.8) is 0 Å². The lowest BCUT2D eigenvalue weighted by Gasteiger charge is -2.28. The molecule has 1 saturated heterocycles. The Morgan fingerprint density at radius 1 is 1.19 bits per heavy atom. The summed E-state index contributed by atoms with van der Waals surface area (Å²) < 4.78 is 3.92. The SMILES string of the molecule is Cn1ccc2ccc(CNC(O)C[C@H]3CCCN3c3ccnc(-n4ccnc4)n3)cc21. The van der Waals surface area contributed by atoms with Gasteiger partial charge in [-0.05, 0) is 42.0 Å². The van der Waals surface area contributed by atoms with Gasteiger partial charge in [-0.25, -0.2) is 9.97 Å². The zero-order valence-corrected chi connectivity index (χ0v) is 17.6. The molecule has 31 heavy (non-hydrogen) atoms. The highest BCUT2D eigenvalue weighted by molar-refractivity contribution is 5.80. The first-order valence-electron chi connectivity index (χ1n) is 10.7. The molecule has 4 heterocycles. The number of aliphatic hydroxyl groups excluding tert-OH is 1. The second-order valence-corrected chi connectivity index (χ2v) is 8.13. The van der Waals surface area contributed by atoms with Crippen molar-refractivity contribution in [3.05, 3.63) is 67.0 Å². The molecule has 1 fully saturated rings. The Bertz CT molecular complexity index is 1150. The van der Waals surface area contributed by atoms with E-state index in [9.17, 15) is 5.11 Å². The standard InChI is InChI=1S/C23H27N7O/c1-28-11-7-18-5-4-17(13-20(18)28)15-26-22(31)14-19-3-2-10-30(19)21-6-8-25-23(27-21)29-12-9-24-16-29/h4-9,11-13,16,19,22,26,31H,2-3,10,14-15H2,1H3/t19-,22?/m1/s1. The second-order valence-electron chi connectivity index (χ2n) is 8.13. The van der Waals surface area contributed by atoms with Crippen LogP contribution >= 0.6 is 0 Å². The molecule has 0 saturated carbocycles. The van der Waals surface area contributed by atoms with Crippen LogP contribution in [0.2, 0.25) is 0 Å². The maximum Gasteiger partial charge on any atom is 0.236 e. The third-order valence-corrected chi connectivity index (χ3v) is 6.02. The van der Waals surface area contributed by atoms with Gasteiger partial charge >= 0.3 is 0 Å². The molecule has 0 radical (unpaired) electrons. The van der Waals surface area contributed by atoms with Crippen molar-refractivity contribution >= 4 is 16.7 Å². The molecular weight excluding hydrogens is 390 g/mol. The van der Waals surface area contributed by atoms with E-state index in [1.165, 1.54) is 10.9 Å². The van der Waals surface area contributed by atoms with E-state index in [0.717, 1.165) is 30.8 Å². The van der Waals surface area contributed by atoms with Gasteiger partial charge in [0.25, 0.3) is 0 Å². The van der Waals surface area contributed by atoms with Crippen LogP contribution in [0.3, 0.4) is 0 Å². The van der Waals surface area contributed by atoms with Gasteiger partial charge in [0.05, 0.1) is 0 Å². The maximum atomic E-state index is 10.7. The number of aliphatic hydroxyl groups is 1. The van der Waals surface area contributed by atoms with E-state index in [2.05, 4.69) is 62.3 Å². The summed E-state index contributed by atoms with van der Waals surface area (Å²) in [5.41, 5.74) is 2.37. The summed E-state index contributed by atoms with van der Waals surface area (Å²) in [6.45, 7) is 1.56. The number of nitrogens with one attached hydrogen (secondary N) is 1. The van der Waals surface area contributed by atoms with Gasteiger partial charge in [0.1, 0.15) is 18.4 Å². The van der Waals surface area contributed by atoms with Crippen LogP contribution in [0, 0.1) is 0 Å². The van der Waals surface area contributed by atoms with Gasteiger partial charge in [-0.3, -0.25) is 9.88 Å². The highest BCUT2D eigenvalue weighted by Crippen LogP contribution is 2.27. The van der Waals surface area contributed by atoms with Crippen LogP contribution in [0.5, 0.6) is 0 Å². The van der Waals surface area contributed by atoms with Gasteiger partial charge in [0, 0.05) is 62.9 Å². The number of benzene rings is 1. The minimum atomic E-state index is -0.579. The number of aryl methyl sites for hydroxylation is 1. The third kappa shape index (κ3) is 4.17. The molecule has 1 unspecified atom stereocenters. The Hall–Kier alpha value is -3.23. The summed E-state index contributed by atoms with van der Waals surface area (Å²) in [5.74, 6) is 1.50. The van der Waals surface area contributed by atoms with Crippen LogP contribution in [0.1, 0.15) is 24.8 Å². The summed E-state index contributed by atoms with van der Waals surface area (Å²) in [5, 5.41) is 15.2. The number of anilines is 1. The quantitative estimate of drug-likeness (QED) is 0.450. The van der Waals surface area contributed by atoms with E-state index in [1.807, 2.05) is 12.3 Å². The molecule has 2 atom stereocenters. The molecule has 5 rings (SSSR count). The Labute approximate surface area is 181 Å². The van der Waals surface area contributed by atoms with Crippen LogP contribution in [0.4, 0.5) is 5.82 Å². The molecule has 0 spiro atoms. The Morgan fingerprint density at radius 2 is 2.13 bits per heavy atom. The van der Waals surface area contributed by atoms with Crippen molar-refractivity contribution in [2.45, 2.75) is 38.1 Å². The lowest BCUT2D eigenvalue weighted by Crippen LogP contribution is -2.38. The Balaban J connectivity index is 1.23. The molecule has 0 aliphatic carbocycles. The van der Waals surface area contributed by atoms with Gasteiger partial charge < -0.3 is 14.6 Å². The van der Waals surface area contributed by atoms with Crippen molar-refractivity contribution in [1.29, 1.82) is 0 Å². The molecule has 0 amide bonds. The van der Waals surface area contributed by atoms with Crippen LogP contribution in [0.15, 0.2) is 61.4 Å². The van der Waals surface area contributed by atoms with Gasteiger partial charge in [0.15, 0.2) is 0 Å². The summed E-state index contributed by atoms with van der Waals surface area (Å²) in [6.07, 6.45) is 11.3. The zero-order valence-electron chi connectivity index (χ0n) is 17.6. The smallest absolute Gasteiger partial charge is 0.236 e. The molecule has 8 nitrogen and oxygen atoms in total. The monoisotopic (exact) mass is 417 g/mol. The van der Waals surface area contributed by atoms with E-state index >= 15 is 0 Å². The predicted octanol–water partition coefficient (Wildman–Crippen LogP) is 2.62. The largest absolute Gasteiger partial charge is 0.379 e. The molecule has 0 bridgehead atoms. The first-order valence-corrected chi connectivity index (χ1v) is 10.7. The summed E-state index contributed by atoms with van der Waals surface area (Å²) in [4.78, 5) is 15.4. The zero-order chi connectivity index (χ0) is 21.2. The summed E-state index contributed by atoms with van der Waals surface area (Å²) in [7, 11) is 2.05. The van der Waals surface area contributed by atoms with Crippen molar-refractivity contribution in [2.75, 3.05) is 11.4 Å². The fourth-order valence-electron chi connectivity index (χ4n) is 4.38. The minimum Gasteiger partial charge on any atom is -0.379 e. The van der Waals surface area contributed by atoms with Gasteiger partial charge in [-0.1, -0.05) is 12.1 Å². The molecule has 3 aromatic heterocycles. The van der Waals surface area contributed by atoms with Crippen molar-refractivity contribution < 1.29 is 5.11 Å². The van der Waals surface area contributed by atoms with Gasteiger partial charge in [-0.15, -0.1) is 0 Å².